The van der Waals surface area contributed by atoms with Crippen molar-refractivity contribution in [2.24, 2.45) is 0 Å². The van der Waals surface area contributed by atoms with Crippen LogP contribution in [-0.2, 0) is 17.9 Å². The molecule has 0 saturated heterocycles. The monoisotopic (exact) mass is 307 g/mol. The quantitative estimate of drug-likeness (QED) is 0.746. The van der Waals surface area contributed by atoms with Gasteiger partial charge in [-0.05, 0) is 25.3 Å². The van der Waals surface area contributed by atoms with Crippen molar-refractivity contribution in [1.29, 1.82) is 0 Å². The van der Waals surface area contributed by atoms with Crippen molar-refractivity contribution in [2.75, 3.05) is 5.75 Å². The topological polar surface area (TPSA) is 85.8 Å². The lowest BCUT2D eigenvalue weighted by molar-refractivity contribution is -0.133. The van der Waals surface area contributed by atoms with Crippen molar-refractivity contribution < 1.29 is 9.90 Å². The average molecular weight is 307 g/mol. The number of carboxylic acids is 1. The van der Waals surface area contributed by atoms with E-state index in [1.165, 1.54) is 11.8 Å². The van der Waals surface area contributed by atoms with Gasteiger partial charge in [0.25, 0.3) is 0 Å². The van der Waals surface area contributed by atoms with Crippen molar-refractivity contribution in [3.05, 3.63) is 24.3 Å². The zero-order valence-corrected chi connectivity index (χ0v) is 12.4. The molecule has 3 rings (SSSR count). The van der Waals surface area contributed by atoms with Gasteiger partial charge in [-0.1, -0.05) is 11.8 Å². The minimum atomic E-state index is -0.834. The van der Waals surface area contributed by atoms with E-state index in [0.29, 0.717) is 11.1 Å². The number of hydrogen-bond donors (Lipinski definition) is 1. The van der Waals surface area contributed by atoms with Gasteiger partial charge in [0, 0.05) is 31.4 Å². The Morgan fingerprint density at radius 1 is 1.38 bits per heavy atom. The van der Waals surface area contributed by atoms with Gasteiger partial charge in [-0.25, -0.2) is 0 Å². The van der Waals surface area contributed by atoms with Crippen LogP contribution in [0.2, 0.25) is 0 Å². The first-order valence-corrected chi connectivity index (χ1v) is 7.97. The average Bonchev–Trinajstić information content (AvgIpc) is 3.02. The Labute approximate surface area is 126 Å². The van der Waals surface area contributed by atoms with Crippen LogP contribution < -0.4 is 0 Å². The molecule has 1 fully saturated rings. The van der Waals surface area contributed by atoms with Crippen molar-refractivity contribution in [2.45, 2.75) is 43.4 Å². The molecule has 1 N–H and O–H groups in total. The molecular weight excluding hydrogens is 290 g/mol. The fourth-order valence-electron chi connectivity index (χ4n) is 2.21. The van der Waals surface area contributed by atoms with E-state index in [1.54, 1.807) is 6.20 Å². The number of nitrogens with zero attached hydrogens (tertiary/aromatic N) is 5. The summed E-state index contributed by atoms with van der Waals surface area (Å²) in [6.45, 7) is 1.62. The molecule has 2 heterocycles. The van der Waals surface area contributed by atoms with Gasteiger partial charge in [0.2, 0.25) is 0 Å². The fourth-order valence-corrected chi connectivity index (χ4v) is 2.90. The summed E-state index contributed by atoms with van der Waals surface area (Å²) >= 11 is 1.24. The lowest BCUT2D eigenvalue weighted by Gasteiger charge is -2.09. The molecule has 0 aromatic carbocycles. The highest BCUT2D eigenvalue weighted by molar-refractivity contribution is 7.99. The van der Waals surface area contributed by atoms with Crippen molar-refractivity contribution in [1.82, 2.24) is 24.5 Å². The first-order chi connectivity index (χ1) is 10.2. The standard InChI is InChI=1S/C13H17N5O2S/c19-11(20)9-21-13-16-15-12(10-3-4-10)18(13)8-2-7-17-6-1-5-14-17/h1,5-6,10H,2-4,7-9H2,(H,19,20). The van der Waals surface area contributed by atoms with Crippen molar-refractivity contribution in [3.63, 3.8) is 0 Å². The molecule has 8 heteroatoms. The van der Waals surface area contributed by atoms with E-state index < -0.39 is 5.97 Å². The van der Waals surface area contributed by atoms with E-state index in [1.807, 2.05) is 16.9 Å². The maximum absolute atomic E-state index is 10.7. The van der Waals surface area contributed by atoms with Crippen molar-refractivity contribution >= 4 is 17.7 Å². The molecule has 0 bridgehead atoms. The van der Waals surface area contributed by atoms with Gasteiger partial charge in [-0.15, -0.1) is 10.2 Å². The van der Waals surface area contributed by atoms with E-state index in [-0.39, 0.29) is 5.75 Å². The molecule has 2 aromatic rings. The molecule has 0 aliphatic heterocycles. The largest absolute Gasteiger partial charge is 0.481 e. The Balaban J connectivity index is 1.65. The third-order valence-electron chi connectivity index (χ3n) is 3.34. The molecule has 1 aliphatic carbocycles. The second-order valence-corrected chi connectivity index (χ2v) is 6.01. The maximum Gasteiger partial charge on any atom is 0.313 e. The molecule has 1 aliphatic rings. The van der Waals surface area contributed by atoms with E-state index in [2.05, 4.69) is 19.9 Å². The van der Waals surface area contributed by atoms with Crippen LogP contribution in [0.15, 0.2) is 23.6 Å². The van der Waals surface area contributed by atoms with Gasteiger partial charge in [-0.2, -0.15) is 5.10 Å². The zero-order chi connectivity index (χ0) is 14.7. The van der Waals surface area contributed by atoms with Crippen LogP contribution in [-0.4, -0.2) is 41.4 Å². The Kier molecular flexibility index (Phi) is 4.23. The van der Waals surface area contributed by atoms with Gasteiger partial charge in [0.15, 0.2) is 5.16 Å². The van der Waals surface area contributed by atoms with Crippen LogP contribution in [0.3, 0.4) is 0 Å². The fraction of sp³-hybridized carbons (Fsp3) is 0.538. The molecule has 0 amide bonds. The predicted molar refractivity (Wildman–Crippen MR) is 77.2 cm³/mol. The van der Waals surface area contributed by atoms with Crippen LogP contribution in [0.5, 0.6) is 0 Å². The summed E-state index contributed by atoms with van der Waals surface area (Å²) in [6, 6.07) is 1.91. The molecule has 112 valence electrons. The second kappa shape index (κ2) is 6.30. The van der Waals surface area contributed by atoms with Gasteiger partial charge in [0.05, 0.1) is 5.75 Å². The number of carbonyl (C=O) groups is 1. The molecule has 0 unspecified atom stereocenters. The number of hydrogen-bond acceptors (Lipinski definition) is 5. The summed E-state index contributed by atoms with van der Waals surface area (Å²) in [7, 11) is 0. The van der Waals surface area contributed by atoms with E-state index in [0.717, 1.165) is 38.2 Å². The third kappa shape index (κ3) is 3.63. The summed E-state index contributed by atoms with van der Waals surface area (Å²) in [4.78, 5) is 10.7. The van der Waals surface area contributed by atoms with E-state index in [4.69, 9.17) is 5.11 Å². The number of rotatable bonds is 8. The van der Waals surface area contributed by atoms with Crippen molar-refractivity contribution in [3.8, 4) is 0 Å². The summed E-state index contributed by atoms with van der Waals surface area (Å²) in [5.41, 5.74) is 0. The lowest BCUT2D eigenvalue weighted by Crippen LogP contribution is -2.09. The van der Waals surface area contributed by atoms with Gasteiger partial charge >= 0.3 is 5.97 Å². The Hall–Kier alpha value is -1.83. The summed E-state index contributed by atoms with van der Waals surface area (Å²) in [5, 5.41) is 22.1. The van der Waals surface area contributed by atoms with Crippen LogP contribution in [0.1, 0.15) is 31.0 Å². The number of thioether (sulfide) groups is 1. The molecule has 0 radical (unpaired) electrons. The molecule has 1 saturated carbocycles. The lowest BCUT2D eigenvalue weighted by atomic mass is 10.3. The molecule has 0 atom stereocenters. The predicted octanol–water partition coefficient (Wildman–Crippen LogP) is 1.62. The molecule has 2 aromatic heterocycles. The molecular formula is C13H17N5O2S. The normalized spacial score (nSPS) is 14.5. The Morgan fingerprint density at radius 3 is 2.90 bits per heavy atom. The Morgan fingerprint density at radius 2 is 2.24 bits per heavy atom. The molecule has 7 nitrogen and oxygen atoms in total. The van der Waals surface area contributed by atoms with Crippen LogP contribution in [0.25, 0.3) is 0 Å². The first kappa shape index (κ1) is 14.1. The highest BCUT2D eigenvalue weighted by Crippen LogP contribution is 2.40. The molecule has 21 heavy (non-hydrogen) atoms. The second-order valence-electron chi connectivity index (χ2n) is 5.07. The number of aliphatic carboxylic acids is 1. The zero-order valence-electron chi connectivity index (χ0n) is 11.6. The minimum absolute atomic E-state index is 0.0158. The number of aryl methyl sites for hydroxylation is 1. The Bertz CT molecular complexity index is 606. The highest BCUT2D eigenvalue weighted by atomic mass is 32.2. The number of carboxylic acid groups (broad SMARTS) is 1. The minimum Gasteiger partial charge on any atom is -0.481 e. The van der Waals surface area contributed by atoms with Gasteiger partial charge < -0.3 is 9.67 Å². The van der Waals surface area contributed by atoms with Gasteiger partial charge in [0.1, 0.15) is 5.82 Å². The third-order valence-corrected chi connectivity index (χ3v) is 4.29. The first-order valence-electron chi connectivity index (χ1n) is 6.99. The molecule has 0 spiro atoms. The van der Waals surface area contributed by atoms with E-state index >= 15 is 0 Å². The maximum atomic E-state index is 10.7. The van der Waals surface area contributed by atoms with Crippen LogP contribution in [0, 0.1) is 0 Å². The van der Waals surface area contributed by atoms with Crippen LogP contribution >= 0.6 is 11.8 Å². The summed E-state index contributed by atoms with van der Waals surface area (Å²) < 4.78 is 3.97. The van der Waals surface area contributed by atoms with Gasteiger partial charge in [-0.3, -0.25) is 9.48 Å². The van der Waals surface area contributed by atoms with E-state index in [9.17, 15) is 4.79 Å². The summed E-state index contributed by atoms with van der Waals surface area (Å²) in [5.74, 6) is 0.686. The SMILES string of the molecule is O=C(O)CSc1nnc(C2CC2)n1CCCn1cccn1. The summed E-state index contributed by atoms with van der Waals surface area (Å²) in [6.07, 6.45) is 6.93. The smallest absolute Gasteiger partial charge is 0.313 e. The number of aromatic nitrogens is 5. The van der Waals surface area contributed by atoms with Crippen LogP contribution in [0.4, 0.5) is 0 Å². The highest BCUT2D eigenvalue weighted by Gasteiger charge is 2.30.